The second-order valence-electron chi connectivity index (χ2n) is 10.4. The molecule has 2 heterocycles. The maximum Gasteiger partial charge on any atom is 0.330 e. The Morgan fingerprint density at radius 2 is 1.57 bits per heavy atom. The van der Waals surface area contributed by atoms with Gasteiger partial charge in [-0.25, -0.2) is 4.79 Å². The van der Waals surface area contributed by atoms with Crippen LogP contribution in [0.2, 0.25) is 0 Å². The highest BCUT2D eigenvalue weighted by molar-refractivity contribution is 7.44. The van der Waals surface area contributed by atoms with E-state index in [-0.39, 0.29) is 26.1 Å². The molecule has 0 saturated carbocycles. The summed E-state index contributed by atoms with van der Waals surface area (Å²) in [6.45, 7) is 0.121. The summed E-state index contributed by atoms with van der Waals surface area (Å²) < 4.78 is 37.2. The molecule has 4 atom stereocenters. The summed E-state index contributed by atoms with van der Waals surface area (Å²) >= 11 is 0. The van der Waals surface area contributed by atoms with Crippen LogP contribution in [0.15, 0.2) is 101 Å². The van der Waals surface area contributed by atoms with Gasteiger partial charge in [0.1, 0.15) is 29.4 Å². The van der Waals surface area contributed by atoms with Gasteiger partial charge in [-0.2, -0.15) is 5.26 Å². The molecule has 0 amide bonds. The number of methoxy groups -OCH3 is 2. The van der Waals surface area contributed by atoms with E-state index in [9.17, 15) is 9.59 Å². The van der Waals surface area contributed by atoms with Crippen LogP contribution in [-0.4, -0.2) is 49.2 Å². The fourth-order valence-corrected chi connectivity index (χ4v) is 6.23. The Hall–Kier alpha value is -4.34. The van der Waals surface area contributed by atoms with Crippen LogP contribution in [0.3, 0.4) is 0 Å². The van der Waals surface area contributed by atoms with Crippen LogP contribution in [0.1, 0.15) is 35.8 Å². The van der Waals surface area contributed by atoms with Crippen molar-refractivity contribution in [1.82, 2.24) is 9.55 Å². The number of nitrogens with zero attached hydrogens (tertiary/aromatic N) is 2. The zero-order valence-electron chi connectivity index (χ0n) is 25.4. The summed E-state index contributed by atoms with van der Waals surface area (Å²) in [5, 5.41) is 8.89. The molecule has 240 valence electrons. The Morgan fingerprint density at radius 1 is 0.957 bits per heavy atom. The highest BCUT2D eigenvalue weighted by Crippen LogP contribution is 2.44. The van der Waals surface area contributed by atoms with Crippen LogP contribution in [0, 0.1) is 11.3 Å². The molecule has 0 spiro atoms. The number of rotatable bonds is 14. The van der Waals surface area contributed by atoms with Crippen LogP contribution in [0.5, 0.6) is 11.5 Å². The minimum absolute atomic E-state index is 0.00753. The third-order valence-corrected chi connectivity index (χ3v) is 8.57. The number of nitrogens with one attached hydrogen (secondary N) is 1. The molecule has 13 heteroatoms. The zero-order chi connectivity index (χ0) is 32.5. The average Bonchev–Trinajstić information content (AvgIpc) is 3.47. The van der Waals surface area contributed by atoms with E-state index in [2.05, 4.69) is 4.98 Å². The first-order valence-corrected chi connectivity index (χ1v) is 15.8. The number of aromatic amines is 1. The monoisotopic (exact) mass is 646 g/mol. The number of ether oxygens (including phenoxy) is 4. The molecule has 1 unspecified atom stereocenters. The van der Waals surface area contributed by atoms with Crippen molar-refractivity contribution >= 4 is 8.53 Å². The first-order valence-electron chi connectivity index (χ1n) is 14.5. The number of hydrogen-bond acceptors (Lipinski definition) is 10. The molecule has 0 aliphatic carbocycles. The number of nitrogens with two attached hydrogens (primary N) is 1. The van der Waals surface area contributed by atoms with Crippen molar-refractivity contribution < 1.29 is 28.0 Å². The third-order valence-electron chi connectivity index (χ3n) is 7.65. The van der Waals surface area contributed by atoms with Crippen molar-refractivity contribution in [3.8, 4) is 17.6 Å². The van der Waals surface area contributed by atoms with Crippen molar-refractivity contribution in [1.29, 1.82) is 5.26 Å². The Labute approximate surface area is 267 Å². The lowest BCUT2D eigenvalue weighted by molar-refractivity contribution is -0.0917. The molecule has 46 heavy (non-hydrogen) atoms. The van der Waals surface area contributed by atoms with Crippen LogP contribution >= 0.6 is 8.53 Å². The number of nitriles is 1. The number of aromatic nitrogens is 2. The summed E-state index contributed by atoms with van der Waals surface area (Å²) in [5.74, 6) is 1.38. The molecule has 0 bridgehead atoms. The number of benzene rings is 3. The summed E-state index contributed by atoms with van der Waals surface area (Å²) in [6, 6.07) is 28.3. The largest absolute Gasteiger partial charge is 0.497 e. The maximum atomic E-state index is 12.7. The SMILES string of the molecule is COc1ccc(C(OC[C@H]2O[C@@H](n3ccc(=O)[nH]c3=O)C[C@@H]2OP(N)OCCC#N)(c2ccccc2)c2ccc(OC)cc2)cc1. The molecule has 1 aliphatic heterocycles. The zero-order valence-corrected chi connectivity index (χ0v) is 26.3. The lowest BCUT2D eigenvalue weighted by atomic mass is 9.80. The Kier molecular flexibility index (Phi) is 11.0. The van der Waals surface area contributed by atoms with E-state index in [0.29, 0.717) is 11.5 Å². The van der Waals surface area contributed by atoms with E-state index >= 15 is 0 Å². The smallest absolute Gasteiger partial charge is 0.330 e. The molecule has 4 aromatic rings. The Bertz CT molecular complexity index is 1680. The molecule has 3 aromatic carbocycles. The maximum absolute atomic E-state index is 12.7. The molecular weight excluding hydrogens is 611 g/mol. The fourth-order valence-electron chi connectivity index (χ4n) is 5.41. The third kappa shape index (κ3) is 7.37. The average molecular weight is 647 g/mol. The van der Waals surface area contributed by atoms with E-state index in [1.807, 2.05) is 84.9 Å². The molecule has 1 aromatic heterocycles. The highest BCUT2D eigenvalue weighted by Gasteiger charge is 2.43. The first kappa shape index (κ1) is 33.0. The van der Waals surface area contributed by atoms with E-state index in [0.717, 1.165) is 16.7 Å². The fraction of sp³-hybridized carbons (Fsp3) is 0.303. The van der Waals surface area contributed by atoms with Crippen LogP contribution in [0.4, 0.5) is 0 Å². The molecule has 1 fully saturated rings. The van der Waals surface area contributed by atoms with Gasteiger partial charge in [-0.15, -0.1) is 0 Å². The van der Waals surface area contributed by atoms with Crippen molar-refractivity contribution in [2.75, 3.05) is 27.4 Å². The van der Waals surface area contributed by atoms with Gasteiger partial charge in [-0.1, -0.05) is 54.6 Å². The van der Waals surface area contributed by atoms with Gasteiger partial charge in [-0.05, 0) is 41.0 Å². The van der Waals surface area contributed by atoms with Crippen LogP contribution in [0.25, 0.3) is 0 Å². The van der Waals surface area contributed by atoms with Gasteiger partial charge in [0, 0.05) is 18.7 Å². The molecule has 1 saturated heterocycles. The van der Waals surface area contributed by atoms with Gasteiger partial charge in [0.25, 0.3) is 14.1 Å². The molecule has 12 nitrogen and oxygen atoms in total. The van der Waals surface area contributed by atoms with E-state index in [1.54, 1.807) is 14.2 Å². The topological polar surface area (TPSA) is 160 Å². The van der Waals surface area contributed by atoms with Crippen molar-refractivity contribution in [2.24, 2.45) is 5.50 Å². The van der Waals surface area contributed by atoms with E-state index < -0.39 is 43.8 Å². The minimum Gasteiger partial charge on any atom is -0.497 e. The van der Waals surface area contributed by atoms with Crippen molar-refractivity contribution in [3.63, 3.8) is 0 Å². The first-order chi connectivity index (χ1) is 22.4. The lowest BCUT2D eigenvalue weighted by Gasteiger charge is -2.37. The van der Waals surface area contributed by atoms with Crippen LogP contribution in [-0.2, 0) is 24.1 Å². The van der Waals surface area contributed by atoms with Gasteiger partial charge < -0.3 is 28.0 Å². The molecule has 5 rings (SSSR count). The summed E-state index contributed by atoms with van der Waals surface area (Å²) in [6.07, 6.45) is -0.381. The Morgan fingerprint density at radius 3 is 2.13 bits per heavy atom. The van der Waals surface area contributed by atoms with Gasteiger partial charge in [0.2, 0.25) is 0 Å². The standard InChI is InChI=1S/C33H35N4O8P/c1-40-26-13-9-24(10-14-26)33(23-7-4-3-5-8-23,25-11-15-27(41-2)16-12-25)42-22-29-28(45-46(35)43-20-6-18-34)21-31(44-29)37-19-17-30(38)36-32(37)39/h3-5,7-17,19,28-29,31H,6,20-22,35H2,1-2H3,(H,36,38,39)/t28-,29+,31+,46?/m0/s1. The van der Waals surface area contributed by atoms with Crippen LogP contribution < -0.4 is 26.2 Å². The van der Waals surface area contributed by atoms with E-state index in [4.69, 9.17) is 38.8 Å². The van der Waals surface area contributed by atoms with Gasteiger partial charge >= 0.3 is 5.69 Å². The minimum atomic E-state index is -1.87. The second-order valence-corrected chi connectivity index (χ2v) is 11.4. The van der Waals surface area contributed by atoms with Gasteiger partial charge in [0.15, 0.2) is 0 Å². The summed E-state index contributed by atoms with van der Waals surface area (Å²) in [7, 11) is 1.35. The summed E-state index contributed by atoms with van der Waals surface area (Å²) in [4.78, 5) is 26.7. The van der Waals surface area contributed by atoms with Gasteiger partial charge in [-0.3, -0.25) is 19.8 Å². The molecular formula is C33H35N4O8P. The number of H-pyrrole nitrogens is 1. The van der Waals surface area contributed by atoms with E-state index in [1.165, 1.54) is 16.8 Å². The predicted molar refractivity (Wildman–Crippen MR) is 170 cm³/mol. The quantitative estimate of drug-likeness (QED) is 0.115. The molecule has 1 aliphatic rings. The highest BCUT2D eigenvalue weighted by atomic mass is 31.2. The molecule has 0 radical (unpaired) electrons. The Balaban J connectivity index is 1.54. The van der Waals surface area contributed by atoms with Crippen molar-refractivity contribution in [2.45, 2.75) is 36.9 Å². The second kappa shape index (κ2) is 15.3. The molecule has 3 N–H and O–H groups in total. The predicted octanol–water partition coefficient (Wildman–Crippen LogP) is 4.35. The lowest BCUT2D eigenvalue weighted by Crippen LogP contribution is -2.38. The van der Waals surface area contributed by atoms with Gasteiger partial charge in [0.05, 0.1) is 46.0 Å². The summed E-state index contributed by atoms with van der Waals surface area (Å²) in [5.41, 5.74) is 6.42. The van der Waals surface area contributed by atoms with Crippen molar-refractivity contribution in [3.05, 3.63) is 129 Å². The number of hydrogen-bond donors (Lipinski definition) is 2. The normalized spacial score (nSPS) is 18.5.